The van der Waals surface area contributed by atoms with Gasteiger partial charge < -0.3 is 15.4 Å². The van der Waals surface area contributed by atoms with E-state index in [2.05, 4.69) is 10.6 Å². The molecule has 1 aromatic rings. The first kappa shape index (κ1) is 11.9. The van der Waals surface area contributed by atoms with Gasteiger partial charge in [0.1, 0.15) is 11.9 Å². The predicted octanol–water partition coefficient (Wildman–Crippen LogP) is 1.67. The van der Waals surface area contributed by atoms with Crippen molar-refractivity contribution in [1.29, 1.82) is 0 Å². The molecule has 0 bridgehead atoms. The fourth-order valence-electron chi connectivity index (χ4n) is 1.84. The number of Topliss-reactive ketones (excluding diaryl/α,β-unsaturated/α-hetero) is 1. The normalized spacial score (nSPS) is 17.9. The molecule has 0 saturated carbocycles. The van der Waals surface area contributed by atoms with Crippen LogP contribution in [0.15, 0.2) is 18.2 Å². The van der Waals surface area contributed by atoms with Crippen LogP contribution in [-0.4, -0.2) is 32.0 Å². The lowest BCUT2D eigenvalue weighted by atomic mass is 10.1. The Morgan fingerprint density at radius 2 is 2.41 bits per heavy atom. The van der Waals surface area contributed by atoms with Gasteiger partial charge in [-0.3, -0.25) is 4.79 Å². The van der Waals surface area contributed by atoms with Crippen LogP contribution in [0.5, 0.6) is 5.75 Å². The molecule has 0 aliphatic carbocycles. The third kappa shape index (κ3) is 2.77. The van der Waals surface area contributed by atoms with Crippen LogP contribution in [0.1, 0.15) is 23.7 Å². The molecule has 92 valence electrons. The van der Waals surface area contributed by atoms with Gasteiger partial charge in [0.15, 0.2) is 5.78 Å². The second-order valence-electron chi connectivity index (χ2n) is 4.30. The number of ether oxygens (including phenoxy) is 1. The highest BCUT2D eigenvalue weighted by Gasteiger charge is 2.16. The molecule has 0 saturated heterocycles. The Labute approximate surface area is 101 Å². The first-order valence-electron chi connectivity index (χ1n) is 5.93. The van der Waals surface area contributed by atoms with Gasteiger partial charge in [-0.2, -0.15) is 0 Å². The molecule has 1 aromatic carbocycles. The number of nitrogens with one attached hydrogen (secondary N) is 2. The Morgan fingerprint density at radius 1 is 1.59 bits per heavy atom. The molecule has 17 heavy (non-hydrogen) atoms. The molecule has 2 N–H and O–H groups in total. The van der Waals surface area contributed by atoms with Gasteiger partial charge in [0.2, 0.25) is 0 Å². The zero-order valence-electron chi connectivity index (χ0n) is 10.2. The summed E-state index contributed by atoms with van der Waals surface area (Å²) in [4.78, 5) is 11.8. The molecule has 1 aliphatic heterocycles. The van der Waals surface area contributed by atoms with E-state index in [9.17, 15) is 4.79 Å². The van der Waals surface area contributed by atoms with Crippen LogP contribution in [0.2, 0.25) is 0 Å². The van der Waals surface area contributed by atoms with Gasteiger partial charge >= 0.3 is 0 Å². The number of hydrogen-bond acceptors (Lipinski definition) is 4. The van der Waals surface area contributed by atoms with Gasteiger partial charge in [-0.25, -0.2) is 0 Å². The fourth-order valence-corrected chi connectivity index (χ4v) is 1.84. The highest BCUT2D eigenvalue weighted by Crippen LogP contribution is 2.30. The van der Waals surface area contributed by atoms with Crippen molar-refractivity contribution in [2.75, 3.05) is 25.5 Å². The lowest BCUT2D eigenvalue weighted by Crippen LogP contribution is -2.27. The van der Waals surface area contributed by atoms with E-state index in [0.29, 0.717) is 13.0 Å². The largest absolute Gasteiger partial charge is 0.487 e. The van der Waals surface area contributed by atoms with Gasteiger partial charge in [0, 0.05) is 18.5 Å². The van der Waals surface area contributed by atoms with E-state index in [0.717, 1.165) is 23.5 Å². The first-order chi connectivity index (χ1) is 8.20. The first-order valence-corrected chi connectivity index (χ1v) is 5.93. The molecule has 4 nitrogen and oxygen atoms in total. The molecule has 0 fully saturated rings. The minimum absolute atomic E-state index is 0.155. The van der Waals surface area contributed by atoms with E-state index >= 15 is 0 Å². The second-order valence-corrected chi connectivity index (χ2v) is 4.30. The van der Waals surface area contributed by atoms with Crippen molar-refractivity contribution in [3.05, 3.63) is 23.8 Å². The van der Waals surface area contributed by atoms with Gasteiger partial charge in [0.25, 0.3) is 0 Å². The standard InChI is InChI=1S/C13H18N2O2/c1-9-8-15-11-7-10(3-4-13(11)17-9)12(16)5-6-14-2/h3-4,7,9,14-15H,5-6,8H2,1-2H3. The Bertz CT molecular complexity index is 418. The molecule has 4 heteroatoms. The van der Waals surface area contributed by atoms with Crippen LogP contribution < -0.4 is 15.4 Å². The van der Waals surface area contributed by atoms with Crippen LogP contribution in [0.25, 0.3) is 0 Å². The Morgan fingerprint density at radius 3 is 3.18 bits per heavy atom. The smallest absolute Gasteiger partial charge is 0.164 e. The van der Waals surface area contributed by atoms with Crippen molar-refractivity contribution in [3.8, 4) is 5.75 Å². The maximum atomic E-state index is 11.8. The molecule has 0 spiro atoms. The predicted molar refractivity (Wildman–Crippen MR) is 67.9 cm³/mol. The van der Waals surface area contributed by atoms with Crippen LogP contribution in [0, 0.1) is 0 Å². The maximum Gasteiger partial charge on any atom is 0.164 e. The molecule has 1 aliphatic rings. The number of hydrogen-bond donors (Lipinski definition) is 2. The van der Waals surface area contributed by atoms with E-state index in [1.165, 1.54) is 0 Å². The third-order valence-electron chi connectivity index (χ3n) is 2.81. The van der Waals surface area contributed by atoms with Gasteiger partial charge in [0.05, 0.1) is 12.2 Å². The van der Waals surface area contributed by atoms with E-state index < -0.39 is 0 Å². The van der Waals surface area contributed by atoms with Crippen molar-refractivity contribution in [2.24, 2.45) is 0 Å². The molecule has 0 amide bonds. The van der Waals surface area contributed by atoms with Gasteiger partial charge in [-0.1, -0.05) is 0 Å². The average molecular weight is 234 g/mol. The monoisotopic (exact) mass is 234 g/mol. The van der Waals surface area contributed by atoms with E-state index in [4.69, 9.17) is 4.74 Å². The topological polar surface area (TPSA) is 50.4 Å². The SMILES string of the molecule is CNCCC(=O)c1ccc2c(c1)NCC(C)O2. The van der Waals surface area contributed by atoms with Crippen molar-refractivity contribution in [1.82, 2.24) is 5.32 Å². The maximum absolute atomic E-state index is 11.8. The number of carbonyl (C=O) groups excluding carboxylic acids is 1. The number of ketones is 1. The Kier molecular flexibility index (Phi) is 3.64. The number of benzene rings is 1. The molecule has 1 unspecified atom stereocenters. The summed E-state index contributed by atoms with van der Waals surface area (Å²) in [5.41, 5.74) is 1.66. The zero-order valence-corrected chi connectivity index (χ0v) is 10.2. The van der Waals surface area contributed by atoms with Gasteiger partial charge in [-0.05, 0) is 32.2 Å². The van der Waals surface area contributed by atoms with E-state index in [1.54, 1.807) is 0 Å². The number of fused-ring (bicyclic) bond motifs is 1. The van der Waals surface area contributed by atoms with Crippen LogP contribution >= 0.6 is 0 Å². The molecular formula is C13H18N2O2. The summed E-state index contributed by atoms with van der Waals surface area (Å²) >= 11 is 0. The highest BCUT2D eigenvalue weighted by molar-refractivity contribution is 5.97. The summed E-state index contributed by atoms with van der Waals surface area (Å²) in [6, 6.07) is 5.57. The van der Waals surface area contributed by atoms with Crippen LogP contribution in [0.3, 0.4) is 0 Å². The second kappa shape index (κ2) is 5.19. The molecule has 1 atom stereocenters. The summed E-state index contributed by atoms with van der Waals surface area (Å²) < 4.78 is 5.66. The molecular weight excluding hydrogens is 216 g/mol. The number of carbonyl (C=O) groups is 1. The fraction of sp³-hybridized carbons (Fsp3) is 0.462. The van der Waals surface area contributed by atoms with Crippen LogP contribution in [-0.2, 0) is 0 Å². The van der Waals surface area contributed by atoms with E-state index in [1.807, 2.05) is 32.2 Å². The van der Waals surface area contributed by atoms with Crippen molar-refractivity contribution >= 4 is 11.5 Å². The van der Waals surface area contributed by atoms with Crippen LogP contribution in [0.4, 0.5) is 5.69 Å². The molecule has 0 radical (unpaired) electrons. The summed E-state index contributed by atoms with van der Waals surface area (Å²) in [7, 11) is 1.84. The molecule has 2 rings (SSSR count). The Hall–Kier alpha value is -1.55. The molecule has 1 heterocycles. The summed E-state index contributed by atoms with van der Waals surface area (Å²) in [6.07, 6.45) is 0.695. The summed E-state index contributed by atoms with van der Waals surface area (Å²) in [5, 5.41) is 6.25. The lowest BCUT2D eigenvalue weighted by Gasteiger charge is -2.25. The minimum atomic E-state index is 0.155. The number of anilines is 1. The third-order valence-corrected chi connectivity index (χ3v) is 2.81. The van der Waals surface area contributed by atoms with Gasteiger partial charge in [-0.15, -0.1) is 0 Å². The Balaban J connectivity index is 2.13. The minimum Gasteiger partial charge on any atom is -0.487 e. The van der Waals surface area contributed by atoms with Crippen molar-refractivity contribution in [3.63, 3.8) is 0 Å². The summed E-state index contributed by atoms with van der Waals surface area (Å²) in [6.45, 7) is 3.50. The zero-order chi connectivity index (χ0) is 12.3. The quantitative estimate of drug-likeness (QED) is 0.778. The number of rotatable bonds is 4. The lowest BCUT2D eigenvalue weighted by molar-refractivity contribution is 0.0983. The van der Waals surface area contributed by atoms with E-state index in [-0.39, 0.29) is 11.9 Å². The summed E-state index contributed by atoms with van der Waals surface area (Å²) in [5.74, 6) is 0.983. The molecule has 0 aromatic heterocycles. The highest BCUT2D eigenvalue weighted by atomic mass is 16.5. The van der Waals surface area contributed by atoms with Crippen molar-refractivity contribution < 1.29 is 9.53 Å². The average Bonchev–Trinajstić information content (AvgIpc) is 2.35. The van der Waals surface area contributed by atoms with Crippen molar-refractivity contribution in [2.45, 2.75) is 19.4 Å².